The zero-order chi connectivity index (χ0) is 26.5. The van der Waals surface area contributed by atoms with Gasteiger partial charge >= 0.3 is 0 Å². The third kappa shape index (κ3) is 9.25. The maximum Gasteiger partial charge on any atom is 0.243 e. The van der Waals surface area contributed by atoms with Crippen LogP contribution in [0.25, 0.3) is 0 Å². The zero-order valence-corrected chi connectivity index (χ0v) is 22.3. The van der Waals surface area contributed by atoms with Gasteiger partial charge in [-0.2, -0.15) is 0 Å². The van der Waals surface area contributed by atoms with Crippen molar-refractivity contribution in [3.05, 3.63) is 101 Å². The van der Waals surface area contributed by atoms with Crippen molar-refractivity contribution in [3.8, 4) is 5.75 Å². The van der Waals surface area contributed by atoms with Gasteiger partial charge in [0.25, 0.3) is 0 Å². The van der Waals surface area contributed by atoms with E-state index >= 15 is 0 Å². The number of nitrogens with zero attached hydrogens (tertiary/aromatic N) is 1. The molecule has 0 heterocycles. The molecule has 0 saturated carbocycles. The minimum absolute atomic E-state index is 0.124. The van der Waals surface area contributed by atoms with E-state index in [1.54, 1.807) is 24.1 Å². The number of amides is 2. The Balaban J connectivity index is 1.84. The minimum Gasteiger partial charge on any atom is -0.497 e. The maximum absolute atomic E-state index is 13.6. The summed E-state index contributed by atoms with van der Waals surface area (Å²) in [5.74, 6) is 0.910. The molecule has 196 valence electrons. The molecule has 0 unspecified atom stereocenters. The number of carbonyl (C=O) groups is 2. The van der Waals surface area contributed by atoms with Crippen LogP contribution in [0.4, 0.5) is 4.39 Å². The summed E-state index contributed by atoms with van der Waals surface area (Å²) >= 11 is 1.45. The molecule has 0 spiro atoms. The number of rotatable bonds is 14. The van der Waals surface area contributed by atoms with Gasteiger partial charge in [-0.15, -0.1) is 11.8 Å². The van der Waals surface area contributed by atoms with Crippen LogP contribution in [0.3, 0.4) is 0 Å². The summed E-state index contributed by atoms with van der Waals surface area (Å²) in [6, 6.07) is 22.9. The third-order valence-electron chi connectivity index (χ3n) is 6.00. The number of thioether (sulfide) groups is 1. The van der Waals surface area contributed by atoms with Crippen LogP contribution in [0.15, 0.2) is 78.9 Å². The van der Waals surface area contributed by atoms with E-state index in [0.29, 0.717) is 24.5 Å². The first-order chi connectivity index (χ1) is 18.0. The molecule has 0 aliphatic rings. The Morgan fingerprint density at radius 1 is 0.973 bits per heavy atom. The molecule has 2 amide bonds. The van der Waals surface area contributed by atoms with Crippen molar-refractivity contribution in [2.75, 3.05) is 19.4 Å². The number of carbonyl (C=O) groups excluding carboxylic acids is 2. The van der Waals surface area contributed by atoms with Gasteiger partial charge < -0.3 is 15.0 Å². The normalized spacial score (nSPS) is 11.5. The fourth-order valence-corrected chi connectivity index (χ4v) is 4.82. The van der Waals surface area contributed by atoms with Crippen molar-refractivity contribution in [1.82, 2.24) is 10.2 Å². The Bertz CT molecular complexity index is 1130. The van der Waals surface area contributed by atoms with E-state index in [9.17, 15) is 14.0 Å². The van der Waals surface area contributed by atoms with Crippen LogP contribution in [-0.2, 0) is 28.3 Å². The first kappa shape index (κ1) is 28.3. The zero-order valence-electron chi connectivity index (χ0n) is 21.5. The molecular weight excluding hydrogens is 487 g/mol. The van der Waals surface area contributed by atoms with Crippen LogP contribution >= 0.6 is 11.8 Å². The summed E-state index contributed by atoms with van der Waals surface area (Å²) in [7, 11) is 1.60. The smallest absolute Gasteiger partial charge is 0.243 e. The Morgan fingerprint density at radius 3 is 2.41 bits per heavy atom. The van der Waals surface area contributed by atoms with Gasteiger partial charge in [-0.1, -0.05) is 67.9 Å². The van der Waals surface area contributed by atoms with Crippen LogP contribution in [0.5, 0.6) is 5.75 Å². The molecule has 0 aliphatic carbocycles. The molecule has 1 atom stereocenters. The van der Waals surface area contributed by atoms with Crippen molar-refractivity contribution >= 4 is 23.6 Å². The average molecular weight is 523 g/mol. The molecule has 1 N–H and O–H groups in total. The second-order valence-electron chi connectivity index (χ2n) is 8.84. The van der Waals surface area contributed by atoms with Crippen LogP contribution in [-0.4, -0.2) is 42.2 Å². The second kappa shape index (κ2) is 15.1. The van der Waals surface area contributed by atoms with E-state index in [1.165, 1.54) is 23.9 Å². The Kier molecular flexibility index (Phi) is 11.5. The van der Waals surface area contributed by atoms with Gasteiger partial charge in [0.2, 0.25) is 11.8 Å². The van der Waals surface area contributed by atoms with Crippen molar-refractivity contribution in [2.45, 2.75) is 44.5 Å². The van der Waals surface area contributed by atoms with Crippen molar-refractivity contribution in [2.24, 2.45) is 0 Å². The number of hydrogen-bond acceptors (Lipinski definition) is 4. The highest BCUT2D eigenvalue weighted by Crippen LogP contribution is 2.20. The van der Waals surface area contributed by atoms with Gasteiger partial charge in [-0.25, -0.2) is 4.39 Å². The molecule has 0 radical (unpaired) electrons. The quantitative estimate of drug-likeness (QED) is 0.279. The van der Waals surface area contributed by atoms with E-state index in [4.69, 9.17) is 4.74 Å². The van der Waals surface area contributed by atoms with Crippen molar-refractivity contribution < 1.29 is 18.7 Å². The largest absolute Gasteiger partial charge is 0.497 e. The predicted molar refractivity (Wildman–Crippen MR) is 148 cm³/mol. The lowest BCUT2D eigenvalue weighted by molar-refractivity contribution is -0.139. The molecule has 3 aromatic carbocycles. The number of benzene rings is 3. The number of methoxy groups -OCH3 is 1. The van der Waals surface area contributed by atoms with Gasteiger partial charge in [0.15, 0.2) is 0 Å². The molecule has 7 heteroatoms. The minimum atomic E-state index is -0.663. The predicted octanol–water partition coefficient (Wildman–Crippen LogP) is 5.62. The van der Waals surface area contributed by atoms with Crippen LogP contribution < -0.4 is 10.1 Å². The highest BCUT2D eigenvalue weighted by Gasteiger charge is 2.30. The highest BCUT2D eigenvalue weighted by atomic mass is 32.2. The van der Waals surface area contributed by atoms with Gasteiger partial charge in [-0.05, 0) is 47.4 Å². The second-order valence-corrected chi connectivity index (χ2v) is 9.83. The summed E-state index contributed by atoms with van der Waals surface area (Å²) in [5.41, 5.74) is 2.81. The molecule has 0 bridgehead atoms. The lowest BCUT2D eigenvalue weighted by Crippen LogP contribution is -2.51. The van der Waals surface area contributed by atoms with Gasteiger partial charge in [0.05, 0.1) is 12.9 Å². The van der Waals surface area contributed by atoms with Gasteiger partial charge in [0, 0.05) is 25.3 Å². The Hall–Kier alpha value is -3.32. The summed E-state index contributed by atoms with van der Waals surface area (Å²) < 4.78 is 18.6. The van der Waals surface area contributed by atoms with E-state index < -0.39 is 6.04 Å². The average Bonchev–Trinajstić information content (AvgIpc) is 2.92. The van der Waals surface area contributed by atoms with Crippen LogP contribution in [0.2, 0.25) is 0 Å². The lowest BCUT2D eigenvalue weighted by Gasteiger charge is -2.31. The number of halogens is 1. The van der Waals surface area contributed by atoms with Crippen LogP contribution in [0.1, 0.15) is 36.5 Å². The maximum atomic E-state index is 13.6. The van der Waals surface area contributed by atoms with Gasteiger partial charge in [-0.3, -0.25) is 9.59 Å². The standard InChI is InChI=1S/C30H35FN2O3S/c1-3-4-17-32-30(35)28(19-23-9-6-5-7-10-23)33(20-25-11-8-12-27(18-25)36-2)29(34)22-37-21-24-13-15-26(31)16-14-24/h5-16,18,28H,3-4,17,19-22H2,1-2H3,(H,32,35)/t28-/m1/s1. The fraction of sp³-hybridized carbons (Fsp3) is 0.333. The van der Waals surface area contributed by atoms with Crippen LogP contribution in [0, 0.1) is 5.82 Å². The topological polar surface area (TPSA) is 58.6 Å². The lowest BCUT2D eigenvalue weighted by atomic mass is 10.0. The molecule has 3 rings (SSSR count). The Labute approximate surface area is 223 Å². The van der Waals surface area contributed by atoms with E-state index in [2.05, 4.69) is 12.2 Å². The summed E-state index contributed by atoms with van der Waals surface area (Å²) in [5, 5.41) is 3.04. The highest BCUT2D eigenvalue weighted by molar-refractivity contribution is 7.99. The first-order valence-corrected chi connectivity index (χ1v) is 13.7. The molecule has 0 aliphatic heterocycles. The molecule has 0 fully saturated rings. The van der Waals surface area contributed by atoms with E-state index in [-0.39, 0.29) is 29.9 Å². The number of ether oxygens (including phenoxy) is 1. The number of unbranched alkanes of at least 4 members (excludes halogenated alkanes) is 1. The number of hydrogen-bond donors (Lipinski definition) is 1. The monoisotopic (exact) mass is 522 g/mol. The molecule has 0 aromatic heterocycles. The third-order valence-corrected chi connectivity index (χ3v) is 6.98. The molecule has 37 heavy (non-hydrogen) atoms. The SMILES string of the molecule is CCCCNC(=O)[C@@H](Cc1ccccc1)N(Cc1cccc(OC)c1)C(=O)CSCc1ccc(F)cc1. The first-order valence-electron chi connectivity index (χ1n) is 12.6. The molecule has 5 nitrogen and oxygen atoms in total. The number of nitrogens with one attached hydrogen (secondary N) is 1. The van der Waals surface area contributed by atoms with Crippen molar-refractivity contribution in [3.63, 3.8) is 0 Å². The molecule has 0 saturated heterocycles. The summed E-state index contributed by atoms with van der Waals surface area (Å²) in [6.45, 7) is 2.93. The van der Waals surface area contributed by atoms with Gasteiger partial charge in [0.1, 0.15) is 17.6 Å². The molecular formula is C30H35FN2O3S. The summed E-state index contributed by atoms with van der Waals surface area (Å²) in [4.78, 5) is 28.8. The Morgan fingerprint density at radius 2 is 1.70 bits per heavy atom. The fourth-order valence-electron chi connectivity index (χ4n) is 3.95. The van der Waals surface area contributed by atoms with E-state index in [0.717, 1.165) is 29.5 Å². The van der Waals surface area contributed by atoms with E-state index in [1.807, 2.05) is 54.6 Å². The molecule has 3 aromatic rings. The van der Waals surface area contributed by atoms with Crippen molar-refractivity contribution in [1.29, 1.82) is 0 Å². The summed E-state index contributed by atoms with van der Waals surface area (Å²) in [6.07, 6.45) is 2.26.